The molecule has 18 heavy (non-hydrogen) atoms. The number of hydrogen-bond acceptors (Lipinski definition) is 2. The first-order valence-corrected chi connectivity index (χ1v) is 5.99. The summed E-state index contributed by atoms with van der Waals surface area (Å²) in [7, 11) is 3.29. The minimum absolute atomic E-state index is 0.0858. The monoisotopic (exact) mass is 257 g/mol. The highest BCUT2D eigenvalue weighted by molar-refractivity contribution is 5.29. The van der Waals surface area contributed by atoms with E-state index in [-0.39, 0.29) is 5.56 Å². The lowest BCUT2D eigenvalue weighted by Crippen LogP contribution is -2.31. The molecular formula is C14H21F2NO. The van der Waals surface area contributed by atoms with E-state index in [0.717, 1.165) is 0 Å². The molecule has 2 nitrogen and oxygen atoms in total. The molecule has 0 saturated carbocycles. The summed E-state index contributed by atoms with van der Waals surface area (Å²) in [6.07, 6.45) is 0.483. The van der Waals surface area contributed by atoms with E-state index >= 15 is 0 Å². The Morgan fingerprint density at radius 3 is 2.44 bits per heavy atom. The third-order valence-corrected chi connectivity index (χ3v) is 3.26. The Morgan fingerprint density at radius 2 is 1.94 bits per heavy atom. The molecule has 1 aromatic carbocycles. The first-order chi connectivity index (χ1) is 8.32. The summed E-state index contributed by atoms with van der Waals surface area (Å²) in [6.45, 7) is 5.42. The highest BCUT2D eigenvalue weighted by atomic mass is 19.1. The molecule has 0 aromatic heterocycles. The SMILES string of the molecule is CNC(CC(C)(C)OC)c1c(F)ccc(C)c1F. The summed E-state index contributed by atoms with van der Waals surface area (Å²) in [5.74, 6) is -1.01. The number of methoxy groups -OCH3 is 1. The molecule has 0 radical (unpaired) electrons. The molecule has 0 aliphatic carbocycles. The van der Waals surface area contributed by atoms with Crippen molar-refractivity contribution in [1.29, 1.82) is 0 Å². The van der Waals surface area contributed by atoms with Gasteiger partial charge < -0.3 is 10.1 Å². The van der Waals surface area contributed by atoms with Gasteiger partial charge in [-0.25, -0.2) is 8.78 Å². The van der Waals surface area contributed by atoms with Crippen molar-refractivity contribution in [3.63, 3.8) is 0 Å². The van der Waals surface area contributed by atoms with E-state index in [9.17, 15) is 8.78 Å². The molecule has 0 heterocycles. The topological polar surface area (TPSA) is 21.3 Å². The quantitative estimate of drug-likeness (QED) is 0.873. The molecule has 1 rings (SSSR count). The Morgan fingerprint density at radius 1 is 1.33 bits per heavy atom. The van der Waals surface area contributed by atoms with Crippen molar-refractivity contribution >= 4 is 0 Å². The molecule has 1 N–H and O–H groups in total. The molecule has 0 aliphatic heterocycles. The zero-order chi connectivity index (χ0) is 13.9. The van der Waals surface area contributed by atoms with E-state index in [4.69, 9.17) is 4.74 Å². The largest absolute Gasteiger partial charge is 0.379 e. The Kier molecular flexibility index (Phi) is 4.82. The van der Waals surface area contributed by atoms with Crippen LogP contribution in [0.3, 0.4) is 0 Å². The van der Waals surface area contributed by atoms with Crippen molar-refractivity contribution in [2.75, 3.05) is 14.2 Å². The van der Waals surface area contributed by atoms with Crippen molar-refractivity contribution in [2.45, 2.75) is 38.8 Å². The lowest BCUT2D eigenvalue weighted by Gasteiger charge is -2.29. The van der Waals surface area contributed by atoms with Crippen LogP contribution in [0, 0.1) is 18.6 Å². The average molecular weight is 257 g/mol. The van der Waals surface area contributed by atoms with Crippen molar-refractivity contribution in [3.05, 3.63) is 34.9 Å². The summed E-state index contributed by atoms with van der Waals surface area (Å²) in [6, 6.07) is 2.33. The van der Waals surface area contributed by atoms with E-state index in [1.54, 1.807) is 21.1 Å². The summed E-state index contributed by atoms with van der Waals surface area (Å²) < 4.78 is 33.2. The van der Waals surface area contributed by atoms with Gasteiger partial charge in [0.15, 0.2) is 0 Å². The lowest BCUT2D eigenvalue weighted by atomic mass is 9.92. The molecule has 1 unspecified atom stereocenters. The van der Waals surface area contributed by atoms with Crippen LogP contribution in [0.25, 0.3) is 0 Å². The normalized spacial score (nSPS) is 13.7. The van der Waals surface area contributed by atoms with Crippen molar-refractivity contribution < 1.29 is 13.5 Å². The van der Waals surface area contributed by atoms with Crippen molar-refractivity contribution in [3.8, 4) is 0 Å². The fourth-order valence-corrected chi connectivity index (χ4v) is 1.92. The highest BCUT2D eigenvalue weighted by Crippen LogP contribution is 2.30. The number of nitrogens with one attached hydrogen (secondary N) is 1. The maximum Gasteiger partial charge on any atom is 0.133 e. The first kappa shape index (κ1) is 15.1. The van der Waals surface area contributed by atoms with Gasteiger partial charge in [-0.15, -0.1) is 0 Å². The van der Waals surface area contributed by atoms with Crippen LogP contribution < -0.4 is 5.32 Å². The van der Waals surface area contributed by atoms with Gasteiger partial charge >= 0.3 is 0 Å². The van der Waals surface area contributed by atoms with Gasteiger partial charge in [-0.2, -0.15) is 0 Å². The molecule has 0 amide bonds. The Balaban J connectivity index is 3.13. The molecule has 0 aliphatic rings. The maximum atomic E-state index is 14.1. The van der Waals surface area contributed by atoms with Gasteiger partial charge in [0.05, 0.1) is 5.60 Å². The van der Waals surface area contributed by atoms with E-state index < -0.39 is 23.3 Å². The molecule has 0 bridgehead atoms. The molecule has 1 aromatic rings. The van der Waals surface area contributed by atoms with Gasteiger partial charge in [-0.1, -0.05) is 6.07 Å². The van der Waals surface area contributed by atoms with E-state index in [2.05, 4.69) is 5.32 Å². The van der Waals surface area contributed by atoms with E-state index in [1.807, 2.05) is 13.8 Å². The number of ether oxygens (including phenoxy) is 1. The summed E-state index contributed by atoms with van der Waals surface area (Å²) in [5, 5.41) is 2.96. The van der Waals surface area contributed by atoms with Gasteiger partial charge in [-0.3, -0.25) is 0 Å². The second-order valence-electron chi connectivity index (χ2n) is 5.10. The second kappa shape index (κ2) is 5.76. The predicted octanol–water partition coefficient (Wildman–Crippen LogP) is 3.35. The first-order valence-electron chi connectivity index (χ1n) is 5.99. The molecule has 0 saturated heterocycles. The van der Waals surface area contributed by atoms with Crippen LogP contribution in [-0.4, -0.2) is 19.8 Å². The molecule has 0 fully saturated rings. The average Bonchev–Trinajstić information content (AvgIpc) is 2.33. The number of hydrogen-bond donors (Lipinski definition) is 1. The molecule has 4 heteroatoms. The lowest BCUT2D eigenvalue weighted by molar-refractivity contribution is 0.00690. The Bertz CT molecular complexity index is 419. The Hall–Kier alpha value is -1.00. The number of benzene rings is 1. The van der Waals surface area contributed by atoms with Crippen LogP contribution in [0.1, 0.15) is 37.4 Å². The number of aryl methyl sites for hydroxylation is 1. The maximum absolute atomic E-state index is 14.1. The van der Waals surface area contributed by atoms with Crippen LogP contribution in [0.15, 0.2) is 12.1 Å². The van der Waals surface area contributed by atoms with Crippen LogP contribution in [0.2, 0.25) is 0 Å². The highest BCUT2D eigenvalue weighted by Gasteiger charge is 2.27. The van der Waals surface area contributed by atoms with Crippen LogP contribution in [0.5, 0.6) is 0 Å². The third kappa shape index (κ3) is 3.27. The summed E-state index contributed by atoms with van der Waals surface area (Å²) in [5.41, 5.74) is 0.0838. The summed E-state index contributed by atoms with van der Waals surface area (Å²) >= 11 is 0. The van der Waals surface area contributed by atoms with Crippen molar-refractivity contribution in [1.82, 2.24) is 5.32 Å². The number of halogens is 2. The third-order valence-electron chi connectivity index (χ3n) is 3.26. The van der Waals surface area contributed by atoms with E-state index in [0.29, 0.717) is 12.0 Å². The predicted molar refractivity (Wildman–Crippen MR) is 68.6 cm³/mol. The minimum atomic E-state index is -0.524. The van der Waals surface area contributed by atoms with E-state index in [1.165, 1.54) is 12.1 Å². The fourth-order valence-electron chi connectivity index (χ4n) is 1.92. The smallest absolute Gasteiger partial charge is 0.133 e. The Labute approximate surface area is 107 Å². The fraction of sp³-hybridized carbons (Fsp3) is 0.571. The molecular weight excluding hydrogens is 236 g/mol. The van der Waals surface area contributed by atoms with Gasteiger partial charge in [0, 0.05) is 18.7 Å². The van der Waals surface area contributed by atoms with Crippen LogP contribution in [-0.2, 0) is 4.74 Å². The molecule has 0 spiro atoms. The van der Waals surface area contributed by atoms with Crippen LogP contribution >= 0.6 is 0 Å². The van der Waals surface area contributed by atoms with Crippen LogP contribution in [0.4, 0.5) is 8.78 Å². The second-order valence-corrected chi connectivity index (χ2v) is 5.10. The molecule has 1 atom stereocenters. The zero-order valence-electron chi connectivity index (χ0n) is 11.6. The van der Waals surface area contributed by atoms with Gasteiger partial charge in [0.1, 0.15) is 11.6 Å². The zero-order valence-corrected chi connectivity index (χ0v) is 11.6. The minimum Gasteiger partial charge on any atom is -0.379 e. The number of rotatable bonds is 5. The standard InChI is InChI=1S/C14H21F2NO/c1-9-6-7-10(15)12(13(9)16)11(17-4)8-14(2,3)18-5/h6-7,11,17H,8H2,1-5H3. The van der Waals surface area contributed by atoms with Gasteiger partial charge in [-0.05, 0) is 45.9 Å². The summed E-state index contributed by atoms with van der Waals surface area (Å²) in [4.78, 5) is 0. The van der Waals surface area contributed by atoms with Gasteiger partial charge in [0.2, 0.25) is 0 Å². The van der Waals surface area contributed by atoms with Crippen molar-refractivity contribution in [2.24, 2.45) is 0 Å². The van der Waals surface area contributed by atoms with Gasteiger partial charge in [0.25, 0.3) is 0 Å². The molecule has 102 valence electrons.